The maximum atomic E-state index is 12.4. The van der Waals surface area contributed by atoms with Crippen LogP contribution < -0.4 is 10.1 Å². The molecule has 1 amide bonds. The Morgan fingerprint density at radius 2 is 1.69 bits per heavy atom. The van der Waals surface area contributed by atoms with Crippen LogP contribution in [0.2, 0.25) is 10.0 Å². The molecule has 0 radical (unpaired) electrons. The van der Waals surface area contributed by atoms with Crippen molar-refractivity contribution in [1.82, 2.24) is 0 Å². The number of rotatable bonds is 5. The van der Waals surface area contributed by atoms with E-state index in [4.69, 9.17) is 27.9 Å². The summed E-state index contributed by atoms with van der Waals surface area (Å²) in [7, 11) is 0. The number of ether oxygens (including phenoxy) is 1. The average Bonchev–Trinajstić information content (AvgIpc) is 2.62. The summed E-state index contributed by atoms with van der Waals surface area (Å²) >= 11 is 11.9. The van der Waals surface area contributed by atoms with Gasteiger partial charge in [-0.1, -0.05) is 59.1 Å². The van der Waals surface area contributed by atoms with Gasteiger partial charge in [0.15, 0.2) is 5.75 Å². The molecule has 132 valence electrons. The molecule has 0 heterocycles. The van der Waals surface area contributed by atoms with Crippen LogP contribution in [0.1, 0.15) is 11.1 Å². The maximum absolute atomic E-state index is 12.4. The molecule has 0 aliphatic rings. The van der Waals surface area contributed by atoms with Crippen molar-refractivity contribution in [3.63, 3.8) is 0 Å². The molecule has 1 N–H and O–H groups in total. The molecular formula is C21H17Cl2NO2. The lowest BCUT2D eigenvalue weighted by molar-refractivity contribution is -0.115. The Morgan fingerprint density at radius 3 is 2.42 bits per heavy atom. The Hall–Kier alpha value is -2.49. The second-order valence-corrected chi connectivity index (χ2v) is 6.70. The van der Waals surface area contributed by atoms with Crippen LogP contribution in [0.4, 0.5) is 5.69 Å². The minimum absolute atomic E-state index is 0.164. The maximum Gasteiger partial charge on any atom is 0.228 e. The smallest absolute Gasteiger partial charge is 0.228 e. The van der Waals surface area contributed by atoms with Crippen molar-refractivity contribution in [2.75, 3.05) is 5.32 Å². The first-order chi connectivity index (χ1) is 12.5. The molecule has 26 heavy (non-hydrogen) atoms. The van der Waals surface area contributed by atoms with Gasteiger partial charge in [-0.2, -0.15) is 0 Å². The molecule has 0 atom stereocenters. The highest BCUT2D eigenvalue weighted by Crippen LogP contribution is 2.29. The molecule has 0 spiro atoms. The molecular weight excluding hydrogens is 369 g/mol. The average molecular weight is 386 g/mol. The van der Waals surface area contributed by atoms with Crippen LogP contribution in [0.25, 0.3) is 0 Å². The van der Waals surface area contributed by atoms with Gasteiger partial charge in [-0.15, -0.1) is 0 Å². The van der Waals surface area contributed by atoms with E-state index in [2.05, 4.69) is 5.32 Å². The summed E-state index contributed by atoms with van der Waals surface area (Å²) in [5.41, 5.74) is 2.55. The number of halogens is 2. The van der Waals surface area contributed by atoms with Crippen LogP contribution in [-0.2, 0) is 11.2 Å². The van der Waals surface area contributed by atoms with Gasteiger partial charge < -0.3 is 10.1 Å². The minimum atomic E-state index is -0.164. The van der Waals surface area contributed by atoms with Crippen molar-refractivity contribution < 1.29 is 9.53 Å². The van der Waals surface area contributed by atoms with Gasteiger partial charge in [0.05, 0.1) is 22.2 Å². The third-order valence-corrected chi connectivity index (χ3v) is 4.50. The van der Waals surface area contributed by atoms with Gasteiger partial charge >= 0.3 is 0 Å². The lowest BCUT2D eigenvalue weighted by atomic mass is 10.1. The number of carbonyl (C=O) groups is 1. The van der Waals surface area contributed by atoms with Crippen LogP contribution in [0.5, 0.6) is 11.5 Å². The van der Waals surface area contributed by atoms with Crippen LogP contribution in [-0.4, -0.2) is 5.91 Å². The molecule has 0 saturated heterocycles. The molecule has 5 heteroatoms. The van der Waals surface area contributed by atoms with Crippen molar-refractivity contribution in [1.29, 1.82) is 0 Å². The Kier molecular flexibility index (Phi) is 5.82. The second kappa shape index (κ2) is 8.26. The fraction of sp³-hybridized carbons (Fsp3) is 0.0952. The Bertz CT molecular complexity index is 924. The fourth-order valence-corrected chi connectivity index (χ4v) is 2.74. The SMILES string of the molecule is Cc1ccc(Oc2ccccc2NC(=O)Cc2ccc(Cl)c(Cl)c2)cc1. The van der Waals surface area contributed by atoms with Gasteiger partial charge in [0.25, 0.3) is 0 Å². The van der Waals surface area contributed by atoms with E-state index in [1.54, 1.807) is 24.3 Å². The molecule has 0 aromatic heterocycles. The molecule has 0 saturated carbocycles. The molecule has 0 aliphatic carbocycles. The second-order valence-electron chi connectivity index (χ2n) is 5.88. The largest absolute Gasteiger partial charge is 0.455 e. The van der Waals surface area contributed by atoms with Crippen molar-refractivity contribution in [3.8, 4) is 11.5 Å². The number of carbonyl (C=O) groups excluding carboxylic acids is 1. The van der Waals surface area contributed by atoms with Gasteiger partial charge in [0.1, 0.15) is 5.75 Å². The summed E-state index contributed by atoms with van der Waals surface area (Å²) in [6.45, 7) is 2.01. The third-order valence-electron chi connectivity index (χ3n) is 3.76. The lowest BCUT2D eigenvalue weighted by Gasteiger charge is -2.12. The fourth-order valence-electron chi connectivity index (χ4n) is 2.42. The highest BCUT2D eigenvalue weighted by atomic mass is 35.5. The Morgan fingerprint density at radius 1 is 0.962 bits per heavy atom. The first-order valence-corrected chi connectivity index (χ1v) is 8.84. The number of anilines is 1. The molecule has 0 aliphatic heterocycles. The van der Waals surface area contributed by atoms with Crippen LogP contribution in [0.3, 0.4) is 0 Å². The number of nitrogens with one attached hydrogen (secondary N) is 1. The van der Waals surface area contributed by atoms with E-state index in [0.717, 1.165) is 11.1 Å². The Labute approximate surface area is 162 Å². The molecule has 0 unspecified atom stereocenters. The standard InChI is InChI=1S/C21H17Cl2NO2/c1-14-6-9-16(10-7-14)26-20-5-3-2-4-19(20)24-21(25)13-15-8-11-17(22)18(23)12-15/h2-12H,13H2,1H3,(H,24,25). The zero-order chi connectivity index (χ0) is 18.5. The summed E-state index contributed by atoms with van der Waals surface area (Å²) in [4.78, 5) is 12.4. The van der Waals surface area contributed by atoms with Crippen molar-refractivity contribution in [3.05, 3.63) is 87.9 Å². The highest BCUT2D eigenvalue weighted by molar-refractivity contribution is 6.42. The number of para-hydroxylation sites is 2. The van der Waals surface area contributed by atoms with Gasteiger partial charge in [0.2, 0.25) is 5.91 Å². The predicted octanol–water partition coefficient (Wildman–Crippen LogP) is 6.28. The van der Waals surface area contributed by atoms with E-state index in [1.165, 1.54) is 0 Å². The molecule has 3 aromatic rings. The van der Waals surface area contributed by atoms with Crippen LogP contribution in [0, 0.1) is 6.92 Å². The van der Waals surface area contributed by atoms with Gasteiger partial charge in [-0.25, -0.2) is 0 Å². The number of hydrogen-bond donors (Lipinski definition) is 1. The molecule has 0 bridgehead atoms. The zero-order valence-electron chi connectivity index (χ0n) is 14.1. The molecule has 3 aromatic carbocycles. The molecule has 0 fully saturated rings. The molecule has 3 nitrogen and oxygen atoms in total. The normalized spacial score (nSPS) is 10.4. The van der Waals surface area contributed by atoms with Gasteiger partial charge in [-0.3, -0.25) is 4.79 Å². The van der Waals surface area contributed by atoms with Crippen LogP contribution in [0.15, 0.2) is 66.7 Å². The highest BCUT2D eigenvalue weighted by Gasteiger charge is 2.10. The first-order valence-electron chi connectivity index (χ1n) is 8.08. The van der Waals surface area contributed by atoms with Crippen molar-refractivity contribution in [2.45, 2.75) is 13.3 Å². The van der Waals surface area contributed by atoms with Crippen LogP contribution >= 0.6 is 23.2 Å². The van der Waals surface area contributed by atoms with Crippen molar-refractivity contribution >= 4 is 34.8 Å². The summed E-state index contributed by atoms with van der Waals surface area (Å²) in [5.74, 6) is 1.13. The van der Waals surface area contributed by atoms with E-state index in [1.807, 2.05) is 49.4 Å². The van der Waals surface area contributed by atoms with E-state index in [0.29, 0.717) is 27.2 Å². The van der Waals surface area contributed by atoms with E-state index >= 15 is 0 Å². The number of benzene rings is 3. The van der Waals surface area contributed by atoms with E-state index in [9.17, 15) is 4.79 Å². The first kappa shape index (κ1) is 18.3. The lowest BCUT2D eigenvalue weighted by Crippen LogP contribution is -2.14. The number of aryl methyl sites for hydroxylation is 1. The summed E-state index contributed by atoms with van der Waals surface area (Å²) in [6.07, 6.45) is 0.190. The van der Waals surface area contributed by atoms with E-state index in [-0.39, 0.29) is 12.3 Å². The van der Waals surface area contributed by atoms with Crippen molar-refractivity contribution in [2.24, 2.45) is 0 Å². The minimum Gasteiger partial charge on any atom is -0.455 e. The van der Waals surface area contributed by atoms with Gasteiger partial charge in [-0.05, 0) is 48.9 Å². The zero-order valence-corrected chi connectivity index (χ0v) is 15.6. The number of hydrogen-bond acceptors (Lipinski definition) is 2. The quantitative estimate of drug-likeness (QED) is 0.561. The van der Waals surface area contributed by atoms with E-state index < -0.39 is 0 Å². The summed E-state index contributed by atoms with van der Waals surface area (Å²) in [5, 5.41) is 3.78. The number of amides is 1. The Balaban J connectivity index is 1.72. The summed E-state index contributed by atoms with van der Waals surface area (Å²) < 4.78 is 5.90. The summed E-state index contributed by atoms with van der Waals surface area (Å²) in [6, 6.07) is 20.2. The predicted molar refractivity (Wildman–Crippen MR) is 106 cm³/mol. The third kappa shape index (κ3) is 4.78. The topological polar surface area (TPSA) is 38.3 Å². The van der Waals surface area contributed by atoms with Gasteiger partial charge in [0, 0.05) is 0 Å². The monoisotopic (exact) mass is 385 g/mol. The molecule has 3 rings (SSSR count).